The van der Waals surface area contributed by atoms with Crippen LogP contribution in [0.15, 0.2) is 48.5 Å². The first-order valence-electron chi connectivity index (χ1n) is 6.04. The molecule has 0 saturated carbocycles. The summed E-state index contributed by atoms with van der Waals surface area (Å²) in [6.45, 7) is 1.61. The van der Waals surface area contributed by atoms with Gasteiger partial charge in [-0.1, -0.05) is 17.7 Å². The first kappa shape index (κ1) is 14.2. The summed E-state index contributed by atoms with van der Waals surface area (Å²) < 4.78 is 10.7. The van der Waals surface area contributed by atoms with E-state index in [4.69, 9.17) is 26.8 Å². The van der Waals surface area contributed by atoms with Crippen LogP contribution < -0.4 is 15.2 Å². The quantitative estimate of drug-likeness (QED) is 0.533. The van der Waals surface area contributed by atoms with Crippen LogP contribution in [-0.2, 0) is 4.79 Å². The van der Waals surface area contributed by atoms with Crippen LogP contribution in [0.5, 0.6) is 11.5 Å². The summed E-state index contributed by atoms with van der Waals surface area (Å²) in [5.74, 6) is 0.447. The maximum Gasteiger partial charge on any atom is 0.352 e. The van der Waals surface area contributed by atoms with Crippen molar-refractivity contribution in [2.75, 3.05) is 5.73 Å². The second-order valence-corrected chi connectivity index (χ2v) is 4.64. The number of esters is 1. The van der Waals surface area contributed by atoms with Crippen molar-refractivity contribution in [2.45, 2.75) is 13.0 Å². The van der Waals surface area contributed by atoms with Crippen LogP contribution in [0.1, 0.15) is 6.92 Å². The van der Waals surface area contributed by atoms with Gasteiger partial charge in [-0.25, -0.2) is 4.79 Å². The molecular weight excluding hydrogens is 278 g/mol. The Morgan fingerprint density at radius 2 is 1.85 bits per heavy atom. The Hall–Kier alpha value is -2.20. The third kappa shape index (κ3) is 3.90. The van der Waals surface area contributed by atoms with Gasteiger partial charge in [0.25, 0.3) is 0 Å². The third-order valence-corrected chi connectivity index (χ3v) is 2.79. The number of halogens is 1. The standard InChI is InChI=1S/C15H14ClNO3/c1-10(19-14-4-2-3-12(17)9-14)15(18)20-13-7-5-11(16)6-8-13/h2-10H,17H2,1H3/t10-/m0/s1. The number of rotatable bonds is 4. The lowest BCUT2D eigenvalue weighted by molar-refractivity contribution is -0.141. The van der Waals surface area contributed by atoms with Gasteiger partial charge in [0.2, 0.25) is 0 Å². The lowest BCUT2D eigenvalue weighted by Crippen LogP contribution is -2.28. The summed E-state index contributed by atoms with van der Waals surface area (Å²) in [6, 6.07) is 13.4. The van der Waals surface area contributed by atoms with Crippen LogP contribution in [0, 0.1) is 0 Å². The zero-order valence-corrected chi connectivity index (χ0v) is 11.6. The van der Waals surface area contributed by atoms with Crippen LogP contribution in [0.2, 0.25) is 5.02 Å². The molecule has 0 heterocycles. The molecule has 2 aromatic rings. The highest BCUT2D eigenvalue weighted by molar-refractivity contribution is 6.30. The lowest BCUT2D eigenvalue weighted by atomic mass is 10.3. The highest BCUT2D eigenvalue weighted by Crippen LogP contribution is 2.18. The Bertz CT molecular complexity index is 598. The summed E-state index contributed by atoms with van der Waals surface area (Å²) in [6.07, 6.45) is -0.743. The van der Waals surface area contributed by atoms with E-state index in [1.807, 2.05) is 0 Å². The van der Waals surface area contributed by atoms with E-state index in [1.165, 1.54) is 0 Å². The number of nitrogen functional groups attached to an aromatic ring is 1. The molecule has 4 nitrogen and oxygen atoms in total. The second-order valence-electron chi connectivity index (χ2n) is 4.21. The summed E-state index contributed by atoms with van der Waals surface area (Å²) in [5, 5.41) is 0.578. The van der Waals surface area contributed by atoms with E-state index in [0.29, 0.717) is 22.2 Å². The second kappa shape index (κ2) is 6.30. The van der Waals surface area contributed by atoms with Gasteiger partial charge in [-0.15, -0.1) is 0 Å². The van der Waals surface area contributed by atoms with Gasteiger partial charge in [0.15, 0.2) is 6.10 Å². The fourth-order valence-corrected chi connectivity index (χ4v) is 1.67. The van der Waals surface area contributed by atoms with E-state index in [0.717, 1.165) is 0 Å². The number of nitrogens with two attached hydrogens (primary N) is 1. The van der Waals surface area contributed by atoms with Crippen molar-refractivity contribution in [1.29, 1.82) is 0 Å². The van der Waals surface area contributed by atoms with Gasteiger partial charge in [0.05, 0.1) is 0 Å². The Balaban J connectivity index is 1.96. The number of anilines is 1. The smallest absolute Gasteiger partial charge is 0.352 e. The van der Waals surface area contributed by atoms with E-state index < -0.39 is 12.1 Å². The molecule has 0 amide bonds. The number of carbonyl (C=O) groups excluding carboxylic acids is 1. The van der Waals surface area contributed by atoms with Crippen LogP contribution >= 0.6 is 11.6 Å². The molecule has 0 aromatic heterocycles. The molecule has 0 aliphatic heterocycles. The van der Waals surface area contributed by atoms with Crippen molar-refractivity contribution in [3.05, 3.63) is 53.6 Å². The zero-order valence-electron chi connectivity index (χ0n) is 10.9. The Morgan fingerprint density at radius 1 is 1.15 bits per heavy atom. The molecular formula is C15H14ClNO3. The molecule has 104 valence electrons. The number of ether oxygens (including phenoxy) is 2. The molecule has 2 rings (SSSR count). The van der Waals surface area contributed by atoms with Gasteiger partial charge in [-0.2, -0.15) is 0 Å². The highest BCUT2D eigenvalue weighted by Gasteiger charge is 2.17. The third-order valence-electron chi connectivity index (χ3n) is 2.53. The van der Waals surface area contributed by atoms with Gasteiger partial charge in [0, 0.05) is 16.8 Å². The fraction of sp³-hybridized carbons (Fsp3) is 0.133. The summed E-state index contributed by atoms with van der Waals surface area (Å²) in [7, 11) is 0. The van der Waals surface area contributed by atoms with Crippen LogP contribution in [0.25, 0.3) is 0 Å². The molecule has 0 unspecified atom stereocenters. The van der Waals surface area contributed by atoms with E-state index in [9.17, 15) is 4.79 Å². The Kier molecular flexibility index (Phi) is 4.48. The normalized spacial score (nSPS) is 11.7. The summed E-state index contributed by atoms with van der Waals surface area (Å²) in [5.41, 5.74) is 6.21. The molecule has 0 bridgehead atoms. The molecule has 0 radical (unpaired) electrons. The average Bonchev–Trinajstić information content (AvgIpc) is 2.41. The largest absolute Gasteiger partial charge is 0.479 e. The fourth-order valence-electron chi connectivity index (χ4n) is 1.54. The molecule has 2 aromatic carbocycles. The molecule has 0 fully saturated rings. The van der Waals surface area contributed by atoms with E-state index >= 15 is 0 Å². The lowest BCUT2D eigenvalue weighted by Gasteiger charge is -2.14. The number of carbonyl (C=O) groups is 1. The molecule has 1 atom stereocenters. The van der Waals surface area contributed by atoms with Gasteiger partial charge < -0.3 is 15.2 Å². The summed E-state index contributed by atoms with van der Waals surface area (Å²) >= 11 is 5.76. The van der Waals surface area contributed by atoms with Crippen LogP contribution in [0.3, 0.4) is 0 Å². The predicted octanol–water partition coefficient (Wildman–Crippen LogP) is 3.30. The molecule has 0 aliphatic rings. The van der Waals surface area contributed by atoms with E-state index in [2.05, 4.69) is 0 Å². The average molecular weight is 292 g/mol. The molecule has 0 aliphatic carbocycles. The van der Waals surface area contributed by atoms with Crippen molar-refractivity contribution < 1.29 is 14.3 Å². The number of hydrogen-bond donors (Lipinski definition) is 1. The van der Waals surface area contributed by atoms with Crippen molar-refractivity contribution >= 4 is 23.3 Å². The Labute approximate surface area is 122 Å². The molecule has 5 heteroatoms. The minimum absolute atomic E-state index is 0.419. The van der Waals surface area contributed by atoms with Crippen molar-refractivity contribution in [3.8, 4) is 11.5 Å². The molecule has 2 N–H and O–H groups in total. The van der Waals surface area contributed by atoms with Gasteiger partial charge in [0.1, 0.15) is 11.5 Å². The summed E-state index contributed by atoms with van der Waals surface area (Å²) in [4.78, 5) is 11.9. The number of hydrogen-bond acceptors (Lipinski definition) is 4. The minimum atomic E-state index is -0.743. The number of benzene rings is 2. The maximum atomic E-state index is 11.9. The Morgan fingerprint density at radius 3 is 2.50 bits per heavy atom. The SMILES string of the molecule is C[C@H](Oc1cccc(N)c1)C(=O)Oc1ccc(Cl)cc1. The zero-order chi connectivity index (χ0) is 14.5. The minimum Gasteiger partial charge on any atom is -0.479 e. The van der Waals surface area contributed by atoms with E-state index in [-0.39, 0.29) is 0 Å². The van der Waals surface area contributed by atoms with Gasteiger partial charge in [-0.3, -0.25) is 0 Å². The van der Waals surface area contributed by atoms with Crippen molar-refractivity contribution in [3.63, 3.8) is 0 Å². The van der Waals surface area contributed by atoms with Gasteiger partial charge in [-0.05, 0) is 43.3 Å². The first-order valence-corrected chi connectivity index (χ1v) is 6.42. The molecule has 0 spiro atoms. The van der Waals surface area contributed by atoms with E-state index in [1.54, 1.807) is 55.5 Å². The van der Waals surface area contributed by atoms with Crippen LogP contribution in [-0.4, -0.2) is 12.1 Å². The van der Waals surface area contributed by atoms with Gasteiger partial charge >= 0.3 is 5.97 Å². The highest BCUT2D eigenvalue weighted by atomic mass is 35.5. The van der Waals surface area contributed by atoms with Crippen LogP contribution in [0.4, 0.5) is 5.69 Å². The topological polar surface area (TPSA) is 61.5 Å². The monoisotopic (exact) mass is 291 g/mol. The molecule has 0 saturated heterocycles. The first-order chi connectivity index (χ1) is 9.54. The molecule has 20 heavy (non-hydrogen) atoms. The van der Waals surface area contributed by atoms with Crippen molar-refractivity contribution in [2.24, 2.45) is 0 Å². The van der Waals surface area contributed by atoms with Crippen molar-refractivity contribution in [1.82, 2.24) is 0 Å². The predicted molar refractivity (Wildman–Crippen MR) is 78.0 cm³/mol. The maximum absolute atomic E-state index is 11.9.